The third kappa shape index (κ3) is 3.64. The van der Waals surface area contributed by atoms with E-state index in [0.717, 1.165) is 25.6 Å². The van der Waals surface area contributed by atoms with Crippen LogP contribution in [0.3, 0.4) is 0 Å². The van der Waals surface area contributed by atoms with E-state index in [1.165, 1.54) is 17.9 Å². The van der Waals surface area contributed by atoms with Gasteiger partial charge >= 0.3 is 5.97 Å². The molecule has 0 bridgehead atoms. The molecule has 4 nitrogen and oxygen atoms in total. The first-order chi connectivity index (χ1) is 7.74. The van der Waals surface area contributed by atoms with Crippen molar-refractivity contribution < 1.29 is 14.6 Å². The van der Waals surface area contributed by atoms with Crippen molar-refractivity contribution in [1.29, 1.82) is 0 Å². The van der Waals surface area contributed by atoms with E-state index in [4.69, 9.17) is 9.84 Å². The van der Waals surface area contributed by atoms with E-state index in [2.05, 4.69) is 4.90 Å². The Bertz CT molecular complexity index is 243. The van der Waals surface area contributed by atoms with E-state index in [9.17, 15) is 4.79 Å². The standard InChI is InChI=1S/C11H19NO3S/c13-11(14)5-10-7-12(2-3-15-10)6-9-1-4-16-8-9/h9-10H,1-8H2,(H,13,14). The molecule has 0 aromatic rings. The second-order valence-electron chi connectivity index (χ2n) is 4.58. The fraction of sp³-hybridized carbons (Fsp3) is 0.909. The highest BCUT2D eigenvalue weighted by molar-refractivity contribution is 7.99. The van der Waals surface area contributed by atoms with Crippen LogP contribution in [0.5, 0.6) is 0 Å². The number of nitrogens with zero attached hydrogens (tertiary/aromatic N) is 1. The molecule has 0 aromatic heterocycles. The molecule has 2 rings (SSSR count). The predicted molar refractivity (Wildman–Crippen MR) is 63.9 cm³/mol. The van der Waals surface area contributed by atoms with Crippen LogP contribution in [0, 0.1) is 5.92 Å². The van der Waals surface area contributed by atoms with Gasteiger partial charge in [0.15, 0.2) is 0 Å². The first-order valence-corrected chi connectivity index (χ1v) is 7.03. The third-order valence-corrected chi connectivity index (χ3v) is 4.40. The predicted octanol–water partition coefficient (Wildman–Crippen LogP) is 0.915. The summed E-state index contributed by atoms with van der Waals surface area (Å²) in [5, 5.41) is 8.73. The molecule has 5 heteroatoms. The fourth-order valence-electron chi connectivity index (χ4n) is 2.36. The monoisotopic (exact) mass is 245 g/mol. The van der Waals surface area contributed by atoms with Gasteiger partial charge in [0.25, 0.3) is 0 Å². The highest BCUT2D eigenvalue weighted by Crippen LogP contribution is 2.24. The molecule has 1 N–H and O–H groups in total. The summed E-state index contributed by atoms with van der Waals surface area (Å²) in [5.41, 5.74) is 0. The number of carbonyl (C=O) groups is 1. The minimum atomic E-state index is -0.761. The van der Waals surface area contributed by atoms with E-state index in [-0.39, 0.29) is 12.5 Å². The molecule has 0 spiro atoms. The lowest BCUT2D eigenvalue weighted by atomic mass is 10.1. The first kappa shape index (κ1) is 12.2. The molecular weight excluding hydrogens is 226 g/mol. The van der Waals surface area contributed by atoms with Crippen LogP contribution < -0.4 is 0 Å². The van der Waals surface area contributed by atoms with E-state index >= 15 is 0 Å². The molecular formula is C11H19NO3S. The van der Waals surface area contributed by atoms with Gasteiger partial charge in [-0.05, 0) is 23.8 Å². The van der Waals surface area contributed by atoms with Crippen molar-refractivity contribution in [2.24, 2.45) is 5.92 Å². The fourth-order valence-corrected chi connectivity index (χ4v) is 3.63. The number of hydrogen-bond acceptors (Lipinski definition) is 4. The number of rotatable bonds is 4. The van der Waals surface area contributed by atoms with Gasteiger partial charge in [0.1, 0.15) is 0 Å². The van der Waals surface area contributed by atoms with Gasteiger partial charge in [0, 0.05) is 19.6 Å². The Morgan fingerprint density at radius 1 is 1.56 bits per heavy atom. The molecule has 0 radical (unpaired) electrons. The third-order valence-electron chi connectivity index (χ3n) is 3.17. The smallest absolute Gasteiger partial charge is 0.306 e. The van der Waals surface area contributed by atoms with Crippen molar-refractivity contribution in [3.8, 4) is 0 Å². The van der Waals surface area contributed by atoms with Gasteiger partial charge in [-0.15, -0.1) is 0 Å². The maximum atomic E-state index is 10.6. The maximum Gasteiger partial charge on any atom is 0.306 e. The molecule has 2 atom stereocenters. The second-order valence-corrected chi connectivity index (χ2v) is 5.73. The first-order valence-electron chi connectivity index (χ1n) is 5.87. The van der Waals surface area contributed by atoms with Crippen molar-refractivity contribution >= 4 is 17.7 Å². The Balaban J connectivity index is 1.74. The van der Waals surface area contributed by atoms with Gasteiger partial charge in [-0.3, -0.25) is 9.69 Å². The molecule has 0 amide bonds. The van der Waals surface area contributed by atoms with Crippen LogP contribution in [0.1, 0.15) is 12.8 Å². The van der Waals surface area contributed by atoms with Crippen LogP contribution in [0.15, 0.2) is 0 Å². The SMILES string of the molecule is O=C(O)CC1CN(CC2CCSC2)CCO1. The van der Waals surface area contributed by atoms with E-state index in [0.29, 0.717) is 6.61 Å². The number of hydrogen-bond donors (Lipinski definition) is 1. The largest absolute Gasteiger partial charge is 0.481 e. The summed E-state index contributed by atoms with van der Waals surface area (Å²) in [5.74, 6) is 2.59. The number of ether oxygens (including phenoxy) is 1. The topological polar surface area (TPSA) is 49.8 Å². The van der Waals surface area contributed by atoms with Crippen LogP contribution in [0.25, 0.3) is 0 Å². The summed E-state index contributed by atoms with van der Waals surface area (Å²) in [6.07, 6.45) is 1.34. The average molecular weight is 245 g/mol. The highest BCUT2D eigenvalue weighted by Gasteiger charge is 2.25. The highest BCUT2D eigenvalue weighted by atomic mass is 32.2. The summed E-state index contributed by atoms with van der Waals surface area (Å²) in [7, 11) is 0. The van der Waals surface area contributed by atoms with Crippen LogP contribution in [-0.4, -0.2) is 59.8 Å². The van der Waals surface area contributed by atoms with Crippen LogP contribution in [0.4, 0.5) is 0 Å². The average Bonchev–Trinajstić information content (AvgIpc) is 2.70. The molecule has 2 unspecified atom stereocenters. The zero-order chi connectivity index (χ0) is 11.4. The summed E-state index contributed by atoms with van der Waals surface area (Å²) < 4.78 is 5.46. The van der Waals surface area contributed by atoms with E-state index in [1.807, 2.05) is 11.8 Å². The Kier molecular flexibility index (Phi) is 4.49. The van der Waals surface area contributed by atoms with Gasteiger partial charge in [0.2, 0.25) is 0 Å². The molecule has 2 fully saturated rings. The lowest BCUT2D eigenvalue weighted by Gasteiger charge is -2.33. The number of carboxylic acid groups (broad SMARTS) is 1. The van der Waals surface area contributed by atoms with Gasteiger partial charge in [-0.1, -0.05) is 0 Å². The number of carboxylic acids is 1. The molecule has 16 heavy (non-hydrogen) atoms. The molecule has 2 heterocycles. The Morgan fingerprint density at radius 3 is 3.12 bits per heavy atom. The molecule has 0 saturated carbocycles. The van der Waals surface area contributed by atoms with Crippen LogP contribution in [-0.2, 0) is 9.53 Å². The summed E-state index contributed by atoms with van der Waals surface area (Å²) in [4.78, 5) is 13.0. The number of thioether (sulfide) groups is 1. The Hall–Kier alpha value is -0.260. The molecule has 92 valence electrons. The molecule has 0 aliphatic carbocycles. The normalized spacial score (nSPS) is 31.8. The maximum absolute atomic E-state index is 10.6. The summed E-state index contributed by atoms with van der Waals surface area (Å²) in [6.45, 7) is 3.54. The van der Waals surface area contributed by atoms with Crippen molar-refractivity contribution in [2.45, 2.75) is 18.9 Å². The lowest BCUT2D eigenvalue weighted by molar-refractivity contribution is -0.142. The lowest BCUT2D eigenvalue weighted by Crippen LogP contribution is -2.45. The van der Waals surface area contributed by atoms with Gasteiger partial charge in [-0.25, -0.2) is 0 Å². The second kappa shape index (κ2) is 5.89. The van der Waals surface area contributed by atoms with Crippen LogP contribution >= 0.6 is 11.8 Å². The van der Waals surface area contributed by atoms with Crippen molar-refractivity contribution in [3.63, 3.8) is 0 Å². The minimum absolute atomic E-state index is 0.111. The summed E-state index contributed by atoms with van der Waals surface area (Å²) >= 11 is 2.03. The van der Waals surface area contributed by atoms with Crippen molar-refractivity contribution in [1.82, 2.24) is 4.90 Å². The van der Waals surface area contributed by atoms with Gasteiger partial charge < -0.3 is 9.84 Å². The zero-order valence-electron chi connectivity index (χ0n) is 9.43. The molecule has 0 aromatic carbocycles. The molecule has 2 aliphatic heterocycles. The molecule has 2 saturated heterocycles. The van der Waals surface area contributed by atoms with Gasteiger partial charge in [-0.2, -0.15) is 11.8 Å². The Labute approximate surface area is 100 Å². The van der Waals surface area contributed by atoms with E-state index < -0.39 is 5.97 Å². The van der Waals surface area contributed by atoms with E-state index in [1.54, 1.807) is 0 Å². The number of morpholine rings is 1. The Morgan fingerprint density at radius 2 is 2.44 bits per heavy atom. The summed E-state index contributed by atoms with van der Waals surface area (Å²) in [6, 6.07) is 0. The van der Waals surface area contributed by atoms with Crippen molar-refractivity contribution in [2.75, 3.05) is 37.7 Å². The van der Waals surface area contributed by atoms with Gasteiger partial charge in [0.05, 0.1) is 19.1 Å². The number of aliphatic carboxylic acids is 1. The van der Waals surface area contributed by atoms with Crippen LogP contribution in [0.2, 0.25) is 0 Å². The zero-order valence-corrected chi connectivity index (χ0v) is 10.2. The molecule has 2 aliphatic rings. The quantitative estimate of drug-likeness (QED) is 0.798. The minimum Gasteiger partial charge on any atom is -0.481 e. The van der Waals surface area contributed by atoms with Crippen molar-refractivity contribution in [3.05, 3.63) is 0 Å².